The molecule has 1 aromatic carbocycles. The summed E-state index contributed by atoms with van der Waals surface area (Å²) in [6, 6.07) is 2.40. The molecule has 0 aromatic heterocycles. The fraction of sp³-hybridized carbons (Fsp3) is 0.412. The maximum absolute atomic E-state index is 13.5. The van der Waals surface area contributed by atoms with Gasteiger partial charge in [0.2, 0.25) is 12.4 Å². The summed E-state index contributed by atoms with van der Waals surface area (Å²) in [7, 11) is 0. The van der Waals surface area contributed by atoms with Crippen molar-refractivity contribution in [1.29, 1.82) is 0 Å². The lowest BCUT2D eigenvalue weighted by Crippen LogP contribution is -2.41. The second-order valence-corrected chi connectivity index (χ2v) is 7.08. The third-order valence-electron chi connectivity index (χ3n) is 3.65. The monoisotopic (exact) mass is 503 g/mol. The molecule has 0 saturated carbocycles. The number of hydrogen-bond donors (Lipinski definition) is 0. The molecule has 10 nitrogen and oxygen atoms in total. The van der Waals surface area contributed by atoms with E-state index in [1.807, 2.05) is 0 Å². The number of esters is 1. The summed E-state index contributed by atoms with van der Waals surface area (Å²) in [6.07, 6.45) is -11.1. The Morgan fingerprint density at radius 3 is 2.47 bits per heavy atom. The minimum atomic E-state index is -5.01. The van der Waals surface area contributed by atoms with Crippen molar-refractivity contribution < 1.29 is 51.6 Å². The zero-order valence-corrected chi connectivity index (χ0v) is 17.7. The topological polar surface area (TPSA) is 123 Å². The van der Waals surface area contributed by atoms with Crippen molar-refractivity contribution in [3.63, 3.8) is 0 Å². The van der Waals surface area contributed by atoms with Gasteiger partial charge < -0.3 is 23.8 Å². The number of hydrogen-bond acceptors (Lipinski definition) is 9. The fourth-order valence-corrected chi connectivity index (χ4v) is 2.97. The van der Waals surface area contributed by atoms with Crippen LogP contribution in [0, 0.1) is 10.1 Å². The molecule has 1 aliphatic heterocycles. The summed E-state index contributed by atoms with van der Waals surface area (Å²) in [5, 5.41) is 8.88. The quantitative estimate of drug-likeness (QED) is 0.231. The SMILES string of the molecule is CC(CO[N+](=O)[O-])OC(=O)OC(C)OC(=O)C1=Cc2cc(Cl)cc(Cl)c2O[C@@H]1C(F)(F)F. The van der Waals surface area contributed by atoms with Crippen molar-refractivity contribution in [3.8, 4) is 5.75 Å². The van der Waals surface area contributed by atoms with Crippen LogP contribution in [0.3, 0.4) is 0 Å². The molecular weight excluding hydrogens is 490 g/mol. The minimum absolute atomic E-state index is 0.00236. The Bertz CT molecular complexity index is 939. The van der Waals surface area contributed by atoms with Gasteiger partial charge >= 0.3 is 18.3 Å². The lowest BCUT2D eigenvalue weighted by atomic mass is 10.0. The predicted octanol–water partition coefficient (Wildman–Crippen LogP) is 4.34. The molecule has 0 fully saturated rings. The Morgan fingerprint density at radius 1 is 1.22 bits per heavy atom. The van der Waals surface area contributed by atoms with Crippen LogP contribution in [-0.2, 0) is 23.8 Å². The summed E-state index contributed by atoms with van der Waals surface area (Å²) >= 11 is 11.7. The standard InChI is InChI=1S/C17H14Cl2F3NO9/c1-7(6-28-23(26)27)29-16(25)31-8(2)30-15(24)11-4-9-3-10(18)5-12(19)13(9)32-14(11)17(20,21)22/h3-5,7-8,14H,6H2,1-2H3/t7?,8?,14-/m0/s1. The van der Waals surface area contributed by atoms with Gasteiger partial charge in [-0.05, 0) is 25.1 Å². The number of rotatable bonds is 7. The van der Waals surface area contributed by atoms with Crippen LogP contribution >= 0.6 is 23.2 Å². The molecule has 1 aliphatic rings. The lowest BCUT2D eigenvalue weighted by molar-refractivity contribution is -0.759. The van der Waals surface area contributed by atoms with E-state index < -0.39 is 54.1 Å². The van der Waals surface area contributed by atoms with E-state index in [0.717, 1.165) is 13.0 Å². The van der Waals surface area contributed by atoms with E-state index in [0.29, 0.717) is 0 Å². The Kier molecular flexibility index (Phi) is 8.02. The number of fused-ring (bicyclic) bond motifs is 1. The smallest absolute Gasteiger partial charge is 0.474 e. The van der Waals surface area contributed by atoms with Gasteiger partial charge in [0, 0.05) is 17.5 Å². The van der Waals surface area contributed by atoms with Crippen molar-refractivity contribution in [2.75, 3.05) is 6.61 Å². The molecule has 15 heteroatoms. The molecule has 32 heavy (non-hydrogen) atoms. The van der Waals surface area contributed by atoms with Crippen LogP contribution < -0.4 is 4.74 Å². The lowest BCUT2D eigenvalue weighted by Gasteiger charge is -2.29. The largest absolute Gasteiger partial charge is 0.511 e. The molecule has 0 aliphatic carbocycles. The van der Waals surface area contributed by atoms with Crippen LogP contribution in [0.5, 0.6) is 5.75 Å². The maximum Gasteiger partial charge on any atom is 0.511 e. The number of benzene rings is 1. The number of carbonyl (C=O) groups excluding carboxylic acids is 2. The van der Waals surface area contributed by atoms with Crippen LogP contribution in [0.15, 0.2) is 17.7 Å². The number of alkyl halides is 3. The van der Waals surface area contributed by atoms with E-state index in [4.69, 9.17) is 32.7 Å². The van der Waals surface area contributed by atoms with Crippen LogP contribution in [0.1, 0.15) is 19.4 Å². The van der Waals surface area contributed by atoms with Gasteiger partial charge in [0.15, 0.2) is 0 Å². The summed E-state index contributed by atoms with van der Waals surface area (Å²) < 4.78 is 59.2. The molecular formula is C17H14Cl2F3NO9. The molecule has 0 saturated heterocycles. The van der Waals surface area contributed by atoms with E-state index >= 15 is 0 Å². The third kappa shape index (κ3) is 6.79. The second-order valence-electron chi connectivity index (χ2n) is 6.23. The average Bonchev–Trinajstić information content (AvgIpc) is 2.64. The molecule has 0 spiro atoms. The number of halogens is 5. The van der Waals surface area contributed by atoms with Crippen molar-refractivity contribution in [2.45, 2.75) is 38.5 Å². The van der Waals surface area contributed by atoms with Gasteiger partial charge in [-0.3, -0.25) is 0 Å². The molecule has 1 heterocycles. The minimum Gasteiger partial charge on any atom is -0.474 e. The van der Waals surface area contributed by atoms with Crippen molar-refractivity contribution in [3.05, 3.63) is 43.4 Å². The van der Waals surface area contributed by atoms with E-state index in [1.165, 1.54) is 19.1 Å². The van der Waals surface area contributed by atoms with Crippen LogP contribution in [-0.4, -0.2) is 48.5 Å². The molecule has 3 atom stereocenters. The third-order valence-corrected chi connectivity index (χ3v) is 4.15. The number of ether oxygens (including phenoxy) is 4. The average molecular weight is 504 g/mol. The Labute approximate surface area is 187 Å². The Balaban J connectivity index is 2.11. The Morgan fingerprint density at radius 2 is 1.88 bits per heavy atom. The van der Waals surface area contributed by atoms with Gasteiger partial charge in [0.05, 0.1) is 10.6 Å². The van der Waals surface area contributed by atoms with Gasteiger partial charge in [-0.15, -0.1) is 10.1 Å². The highest BCUT2D eigenvalue weighted by Gasteiger charge is 2.49. The maximum atomic E-state index is 13.5. The van der Waals surface area contributed by atoms with E-state index in [2.05, 4.69) is 14.3 Å². The summed E-state index contributed by atoms with van der Waals surface area (Å²) in [5.74, 6) is -1.83. The molecule has 0 radical (unpaired) electrons. The Hall–Kier alpha value is -2.93. The highest BCUT2D eigenvalue weighted by molar-refractivity contribution is 6.36. The van der Waals surface area contributed by atoms with Crippen molar-refractivity contribution >= 4 is 41.4 Å². The molecule has 1 aromatic rings. The van der Waals surface area contributed by atoms with Crippen molar-refractivity contribution in [2.24, 2.45) is 0 Å². The van der Waals surface area contributed by atoms with E-state index in [1.54, 1.807) is 0 Å². The first-order valence-corrected chi connectivity index (χ1v) is 9.33. The van der Waals surface area contributed by atoms with E-state index in [-0.39, 0.29) is 21.4 Å². The fourth-order valence-electron chi connectivity index (χ4n) is 2.42. The zero-order chi connectivity index (χ0) is 24.2. The number of nitrogens with zero attached hydrogens (tertiary/aromatic N) is 1. The van der Waals surface area contributed by atoms with Gasteiger partial charge in [-0.25, -0.2) is 9.59 Å². The molecule has 0 amide bonds. The number of carbonyl (C=O) groups is 2. The second kappa shape index (κ2) is 10.1. The van der Waals surface area contributed by atoms with Crippen LogP contribution in [0.2, 0.25) is 10.0 Å². The van der Waals surface area contributed by atoms with E-state index in [9.17, 15) is 32.9 Å². The van der Waals surface area contributed by atoms with Crippen molar-refractivity contribution in [1.82, 2.24) is 0 Å². The van der Waals surface area contributed by atoms with Gasteiger partial charge in [-0.2, -0.15) is 13.2 Å². The van der Waals surface area contributed by atoms with Crippen LogP contribution in [0.4, 0.5) is 18.0 Å². The highest BCUT2D eigenvalue weighted by atomic mass is 35.5. The normalized spacial score (nSPS) is 17.1. The first-order chi connectivity index (χ1) is 14.8. The summed E-state index contributed by atoms with van der Waals surface area (Å²) in [6.45, 7) is 1.68. The zero-order valence-electron chi connectivity index (χ0n) is 16.2. The van der Waals surface area contributed by atoms with Gasteiger partial charge in [0.1, 0.15) is 18.5 Å². The molecule has 2 rings (SSSR count). The predicted molar refractivity (Wildman–Crippen MR) is 100 cm³/mol. The highest BCUT2D eigenvalue weighted by Crippen LogP contribution is 2.42. The molecule has 0 bridgehead atoms. The van der Waals surface area contributed by atoms with Crippen LogP contribution in [0.25, 0.3) is 6.08 Å². The first kappa shape index (κ1) is 25.3. The van der Waals surface area contributed by atoms with Gasteiger partial charge in [0.25, 0.3) is 5.09 Å². The molecule has 176 valence electrons. The first-order valence-electron chi connectivity index (χ1n) is 8.57. The summed E-state index contributed by atoms with van der Waals surface area (Å²) in [4.78, 5) is 38.1. The van der Waals surface area contributed by atoms with Gasteiger partial charge in [-0.1, -0.05) is 23.2 Å². The molecule has 2 unspecified atom stereocenters. The summed E-state index contributed by atoms with van der Waals surface area (Å²) in [5.41, 5.74) is -0.942. The molecule has 0 N–H and O–H groups in total.